The van der Waals surface area contributed by atoms with Crippen molar-refractivity contribution >= 4 is 28.9 Å². The van der Waals surface area contributed by atoms with Crippen LogP contribution in [0.15, 0.2) is 22.5 Å². The van der Waals surface area contributed by atoms with E-state index >= 15 is 0 Å². The van der Waals surface area contributed by atoms with Crippen LogP contribution in [0, 0.1) is 11.8 Å². The Balaban J connectivity index is 1.72. The first-order valence-corrected chi connectivity index (χ1v) is 12.6. The zero-order valence-corrected chi connectivity index (χ0v) is 19.4. The van der Waals surface area contributed by atoms with Crippen LogP contribution in [0.4, 0.5) is 0 Å². The number of ketones is 1. The predicted octanol–water partition coefficient (Wildman–Crippen LogP) is 5.06. The second-order valence-electron chi connectivity index (χ2n) is 8.96. The SMILES string of the molecule is CCCCC1(CCCC)N=C(N)CCC(C2CCN(C(=O)c3cccs3)CC2)C1=O. The van der Waals surface area contributed by atoms with E-state index in [4.69, 9.17) is 10.7 Å². The molecule has 1 unspecified atom stereocenters. The summed E-state index contributed by atoms with van der Waals surface area (Å²) in [6.45, 7) is 5.80. The van der Waals surface area contributed by atoms with Crippen LogP contribution < -0.4 is 5.73 Å². The van der Waals surface area contributed by atoms with Crippen LogP contribution in [0.25, 0.3) is 0 Å². The lowest BCUT2D eigenvalue weighted by Crippen LogP contribution is -2.46. The van der Waals surface area contributed by atoms with Crippen LogP contribution >= 0.6 is 11.3 Å². The largest absolute Gasteiger partial charge is 0.387 e. The minimum atomic E-state index is -0.624. The first-order chi connectivity index (χ1) is 14.5. The standard InChI is InChI=1S/C24H37N3O2S/c1-3-5-13-24(14-6-4-2)22(28)19(9-10-21(25)26-24)18-11-15-27(16-12-18)23(29)20-8-7-17-30-20/h7-8,17-19H,3-6,9-16H2,1-2H3,(H2,25,26). The Morgan fingerprint density at radius 1 is 1.20 bits per heavy atom. The molecule has 1 amide bonds. The lowest BCUT2D eigenvalue weighted by Gasteiger charge is -2.38. The molecule has 0 aromatic carbocycles. The van der Waals surface area contributed by atoms with Crippen LogP contribution in [0.2, 0.25) is 0 Å². The molecule has 6 heteroatoms. The zero-order chi connectivity index (χ0) is 21.6. The molecule has 2 aliphatic rings. The van der Waals surface area contributed by atoms with Gasteiger partial charge in [-0.15, -0.1) is 11.3 Å². The monoisotopic (exact) mass is 431 g/mol. The highest BCUT2D eigenvalue weighted by atomic mass is 32.1. The van der Waals surface area contributed by atoms with Crippen LogP contribution in [0.5, 0.6) is 0 Å². The van der Waals surface area contributed by atoms with E-state index in [2.05, 4.69) is 13.8 Å². The number of aliphatic imine (C=N–C) groups is 1. The number of likely N-dealkylation sites (tertiary alicyclic amines) is 1. The molecule has 166 valence electrons. The van der Waals surface area contributed by atoms with E-state index in [0.717, 1.165) is 75.8 Å². The lowest BCUT2D eigenvalue weighted by molar-refractivity contribution is -0.131. The molecule has 0 bridgehead atoms. The lowest BCUT2D eigenvalue weighted by atomic mass is 9.71. The fourth-order valence-corrected chi connectivity index (χ4v) is 5.79. The first kappa shape index (κ1) is 23.0. The number of carbonyl (C=O) groups is 2. The van der Waals surface area contributed by atoms with Crippen molar-refractivity contribution in [3.63, 3.8) is 0 Å². The molecule has 30 heavy (non-hydrogen) atoms. The molecule has 1 aromatic rings. The Kier molecular flexibility index (Phi) is 8.09. The average molecular weight is 432 g/mol. The third-order valence-corrected chi connectivity index (χ3v) is 7.74. The fraction of sp³-hybridized carbons (Fsp3) is 0.708. The van der Waals surface area contributed by atoms with Crippen molar-refractivity contribution in [3.8, 4) is 0 Å². The summed E-state index contributed by atoms with van der Waals surface area (Å²) in [5, 5.41) is 1.95. The van der Waals surface area contributed by atoms with Crippen LogP contribution in [-0.2, 0) is 4.79 Å². The molecular weight excluding hydrogens is 394 g/mol. The van der Waals surface area contributed by atoms with E-state index in [1.54, 1.807) is 0 Å². The van der Waals surface area contributed by atoms with Gasteiger partial charge >= 0.3 is 0 Å². The molecule has 5 nitrogen and oxygen atoms in total. The number of amidine groups is 1. The second-order valence-corrected chi connectivity index (χ2v) is 9.91. The Labute approximate surface area is 185 Å². The van der Waals surface area contributed by atoms with Crippen LogP contribution in [-0.4, -0.2) is 41.1 Å². The summed E-state index contributed by atoms with van der Waals surface area (Å²) in [6, 6.07) is 3.81. The van der Waals surface area contributed by atoms with Crippen molar-refractivity contribution in [2.24, 2.45) is 22.6 Å². The number of hydrogen-bond donors (Lipinski definition) is 1. The maximum Gasteiger partial charge on any atom is 0.263 e. The van der Waals surface area contributed by atoms with Crippen molar-refractivity contribution in [2.75, 3.05) is 13.1 Å². The van der Waals surface area contributed by atoms with Gasteiger partial charge in [-0.2, -0.15) is 0 Å². The molecule has 0 aliphatic carbocycles. The third-order valence-electron chi connectivity index (χ3n) is 6.88. The smallest absolute Gasteiger partial charge is 0.263 e. The summed E-state index contributed by atoms with van der Waals surface area (Å²) in [4.78, 5) is 34.2. The number of nitrogens with zero attached hydrogens (tertiary/aromatic N) is 2. The predicted molar refractivity (Wildman–Crippen MR) is 124 cm³/mol. The quantitative estimate of drug-likeness (QED) is 0.625. The van der Waals surface area contributed by atoms with Gasteiger partial charge < -0.3 is 10.6 Å². The fourth-order valence-electron chi connectivity index (χ4n) is 5.10. The van der Waals surface area contributed by atoms with Crippen molar-refractivity contribution in [1.82, 2.24) is 4.90 Å². The first-order valence-electron chi connectivity index (χ1n) is 11.7. The maximum absolute atomic E-state index is 13.9. The van der Waals surface area contributed by atoms with Gasteiger partial charge in [0.2, 0.25) is 0 Å². The number of Topliss-reactive ketones (excluding diaryl/α,β-unsaturated/α-hetero) is 1. The van der Waals surface area contributed by atoms with Gasteiger partial charge in [-0.25, -0.2) is 0 Å². The highest BCUT2D eigenvalue weighted by Gasteiger charge is 2.45. The second kappa shape index (κ2) is 10.6. The highest BCUT2D eigenvalue weighted by Crippen LogP contribution is 2.39. The Morgan fingerprint density at radius 2 is 1.87 bits per heavy atom. The van der Waals surface area contributed by atoms with Gasteiger partial charge in [-0.3, -0.25) is 14.6 Å². The van der Waals surface area contributed by atoms with Gasteiger partial charge in [-0.1, -0.05) is 45.6 Å². The van der Waals surface area contributed by atoms with E-state index in [1.165, 1.54) is 11.3 Å². The van der Waals surface area contributed by atoms with E-state index in [1.807, 2.05) is 22.4 Å². The van der Waals surface area contributed by atoms with E-state index in [9.17, 15) is 9.59 Å². The van der Waals surface area contributed by atoms with Gasteiger partial charge in [0.1, 0.15) is 5.54 Å². The van der Waals surface area contributed by atoms with Gasteiger partial charge in [0.25, 0.3) is 5.91 Å². The summed E-state index contributed by atoms with van der Waals surface area (Å²) in [6.07, 6.45) is 9.07. The Bertz CT molecular complexity index is 728. The molecular formula is C24H37N3O2S. The van der Waals surface area contributed by atoms with Crippen LogP contribution in [0.1, 0.15) is 87.7 Å². The third kappa shape index (κ3) is 5.13. The van der Waals surface area contributed by atoms with Gasteiger partial charge in [0, 0.05) is 25.4 Å². The summed E-state index contributed by atoms with van der Waals surface area (Å²) >= 11 is 1.50. The molecule has 1 aromatic heterocycles. The molecule has 3 rings (SSSR count). The van der Waals surface area contributed by atoms with Gasteiger partial charge in [0.05, 0.1) is 10.7 Å². The molecule has 0 spiro atoms. The summed E-state index contributed by atoms with van der Waals surface area (Å²) in [5.41, 5.74) is 5.65. The summed E-state index contributed by atoms with van der Waals surface area (Å²) in [7, 11) is 0. The van der Waals surface area contributed by atoms with E-state index in [-0.39, 0.29) is 11.8 Å². The van der Waals surface area contributed by atoms with Crippen LogP contribution in [0.3, 0.4) is 0 Å². The molecule has 1 saturated heterocycles. The van der Waals surface area contributed by atoms with Gasteiger partial charge in [0.15, 0.2) is 5.78 Å². The number of thiophene rings is 1. The van der Waals surface area contributed by atoms with E-state index < -0.39 is 5.54 Å². The van der Waals surface area contributed by atoms with Crippen molar-refractivity contribution < 1.29 is 9.59 Å². The maximum atomic E-state index is 13.9. The van der Waals surface area contributed by atoms with E-state index in [0.29, 0.717) is 24.0 Å². The molecule has 2 N–H and O–H groups in total. The van der Waals surface area contributed by atoms with Crippen molar-refractivity contribution in [1.29, 1.82) is 0 Å². The molecule has 1 atom stereocenters. The topological polar surface area (TPSA) is 75.8 Å². The molecule has 0 radical (unpaired) electrons. The molecule has 0 saturated carbocycles. The normalized spacial score (nSPS) is 22.6. The average Bonchev–Trinajstić information content (AvgIpc) is 3.26. The summed E-state index contributed by atoms with van der Waals surface area (Å²) < 4.78 is 0. The highest BCUT2D eigenvalue weighted by molar-refractivity contribution is 7.12. The Hall–Kier alpha value is -1.69. The number of hydrogen-bond acceptors (Lipinski definition) is 5. The minimum Gasteiger partial charge on any atom is -0.387 e. The Morgan fingerprint density at radius 3 is 2.43 bits per heavy atom. The number of nitrogens with two attached hydrogens (primary N) is 1. The van der Waals surface area contributed by atoms with Crippen molar-refractivity contribution in [2.45, 2.75) is 83.6 Å². The molecule has 1 fully saturated rings. The molecule has 2 aliphatic heterocycles. The zero-order valence-electron chi connectivity index (χ0n) is 18.6. The summed E-state index contributed by atoms with van der Waals surface area (Å²) in [5.74, 6) is 1.45. The minimum absolute atomic E-state index is 0.0162. The number of carbonyl (C=O) groups excluding carboxylic acids is 2. The number of unbranched alkanes of at least 4 members (excludes halogenated alkanes) is 2. The number of amides is 1. The number of rotatable bonds is 8. The van der Waals surface area contributed by atoms with Crippen molar-refractivity contribution in [3.05, 3.63) is 22.4 Å². The molecule has 3 heterocycles. The number of piperidine rings is 1. The van der Waals surface area contributed by atoms with Gasteiger partial charge in [-0.05, 0) is 49.5 Å².